The minimum atomic E-state index is -4.77. The second-order valence-corrected chi connectivity index (χ2v) is 17.0. The molecule has 3 heterocycles. The Morgan fingerprint density at radius 1 is 0.983 bits per heavy atom. The van der Waals surface area contributed by atoms with Gasteiger partial charge in [-0.3, -0.25) is 14.8 Å². The molecule has 59 heavy (non-hydrogen) atoms. The van der Waals surface area contributed by atoms with Crippen molar-refractivity contribution in [3.8, 4) is 11.8 Å². The van der Waals surface area contributed by atoms with Crippen molar-refractivity contribution < 1.29 is 47.7 Å². The number of benzene rings is 1. The SMILES string of the molecule is CCCCCCCCCCCCCCCCCCOC[C@H](COP(=O)(O)OC[C@H]1O[C@@](N)(c2ccc3c(N)ncnn23)[C@H](O)[C@@H]1O)OCc1cc(C#N)c(Cl)c(OC)c1. The number of nitrogen functional groups attached to an aromatic ring is 1. The number of aliphatic hydroxyl groups is 2. The fourth-order valence-corrected chi connectivity index (χ4v) is 8.11. The maximum absolute atomic E-state index is 13.1. The standard InChI is InChI=1S/C41H64ClN6O10P/c1-3-4-5-6-7-8-9-10-11-12-13-14-15-16-17-18-21-54-26-32(55-25-30-22-31(24-43)37(42)34(23-30)53-2)27-56-59(51,52)57-28-35-38(49)39(50)41(45,58-35)36-20-19-33-40(44)46-29-47-48(33)36/h19-20,22-23,29,32,35,38-39,49-50H,3-18,21,25-28,45H2,1-2H3,(H,51,52)(H2,44,46,47)/t32-,35-,38-,39-,41+/m1/s1. The third-order valence-corrected chi connectivity index (χ3v) is 11.9. The summed E-state index contributed by atoms with van der Waals surface area (Å²) < 4.78 is 48.0. The van der Waals surface area contributed by atoms with Crippen LogP contribution in [0.4, 0.5) is 5.82 Å². The van der Waals surface area contributed by atoms with E-state index in [1.54, 1.807) is 18.2 Å². The van der Waals surface area contributed by atoms with Gasteiger partial charge >= 0.3 is 7.82 Å². The Hall–Kier alpha value is -2.91. The van der Waals surface area contributed by atoms with Crippen molar-refractivity contribution in [2.45, 2.75) is 146 Å². The topological polar surface area (TPSA) is 239 Å². The number of anilines is 1. The van der Waals surface area contributed by atoms with Crippen LogP contribution >= 0.6 is 19.4 Å². The molecule has 0 aliphatic carbocycles. The first-order chi connectivity index (χ1) is 28.4. The first-order valence-electron chi connectivity index (χ1n) is 20.9. The number of fused-ring (bicyclic) bond motifs is 1. The molecule has 1 unspecified atom stereocenters. The van der Waals surface area contributed by atoms with Crippen LogP contribution in [0.3, 0.4) is 0 Å². The van der Waals surface area contributed by atoms with E-state index in [-0.39, 0.29) is 35.3 Å². The third kappa shape index (κ3) is 14.9. The van der Waals surface area contributed by atoms with Crippen molar-refractivity contribution in [3.05, 3.63) is 52.4 Å². The lowest BCUT2D eigenvalue weighted by Gasteiger charge is -2.27. The molecule has 16 nitrogen and oxygen atoms in total. The van der Waals surface area contributed by atoms with E-state index in [9.17, 15) is 24.9 Å². The zero-order chi connectivity index (χ0) is 42.7. The van der Waals surface area contributed by atoms with Gasteiger partial charge in [0.1, 0.15) is 53.1 Å². The smallest absolute Gasteiger partial charge is 0.472 e. The molecule has 0 bridgehead atoms. The summed E-state index contributed by atoms with van der Waals surface area (Å²) in [7, 11) is -3.33. The number of aliphatic hydroxyl groups excluding tert-OH is 2. The number of nitrogens with zero attached hydrogens (tertiary/aromatic N) is 4. The maximum atomic E-state index is 13.1. The number of unbranched alkanes of at least 4 members (excludes halogenated alkanes) is 15. The highest BCUT2D eigenvalue weighted by Gasteiger charge is 2.55. The van der Waals surface area contributed by atoms with E-state index < -0.39 is 51.2 Å². The van der Waals surface area contributed by atoms with Crippen LogP contribution in [0.1, 0.15) is 126 Å². The Balaban J connectivity index is 1.21. The second kappa shape index (κ2) is 25.1. The minimum absolute atomic E-state index is 0.0151. The van der Waals surface area contributed by atoms with Crippen molar-refractivity contribution in [2.24, 2.45) is 5.73 Å². The van der Waals surface area contributed by atoms with Crippen molar-refractivity contribution in [1.82, 2.24) is 14.6 Å². The maximum Gasteiger partial charge on any atom is 0.472 e. The molecule has 7 N–H and O–H groups in total. The number of phosphoric ester groups is 1. The van der Waals surface area contributed by atoms with Crippen molar-refractivity contribution in [1.29, 1.82) is 5.26 Å². The molecule has 1 saturated heterocycles. The van der Waals surface area contributed by atoms with Crippen molar-refractivity contribution in [2.75, 3.05) is 39.3 Å². The number of aromatic nitrogens is 3. The molecule has 0 amide bonds. The lowest BCUT2D eigenvalue weighted by molar-refractivity contribution is -0.0982. The molecule has 0 saturated carbocycles. The number of halogens is 1. The van der Waals surface area contributed by atoms with E-state index in [0.29, 0.717) is 23.4 Å². The number of hydrogen-bond acceptors (Lipinski definition) is 14. The number of hydrogen-bond donors (Lipinski definition) is 5. The number of ether oxygens (including phenoxy) is 4. The van der Waals surface area contributed by atoms with Crippen LogP contribution in [0.5, 0.6) is 5.75 Å². The van der Waals surface area contributed by atoms with E-state index in [1.165, 1.54) is 107 Å². The average molecular weight is 867 g/mol. The molecule has 1 aliphatic heterocycles. The highest BCUT2D eigenvalue weighted by atomic mass is 35.5. The Morgan fingerprint density at radius 3 is 2.22 bits per heavy atom. The highest BCUT2D eigenvalue weighted by Crippen LogP contribution is 2.45. The number of methoxy groups -OCH3 is 1. The predicted octanol–water partition coefficient (Wildman–Crippen LogP) is 7.07. The summed E-state index contributed by atoms with van der Waals surface area (Å²) in [4.78, 5) is 14.5. The molecule has 0 radical (unpaired) electrons. The first-order valence-corrected chi connectivity index (χ1v) is 22.8. The number of phosphoric acid groups is 1. The molecule has 4 rings (SSSR count). The zero-order valence-electron chi connectivity index (χ0n) is 34.5. The Morgan fingerprint density at radius 2 is 1.61 bits per heavy atom. The molecule has 0 spiro atoms. The van der Waals surface area contributed by atoms with Crippen LogP contribution in [0.2, 0.25) is 5.02 Å². The number of nitrogens with two attached hydrogens (primary N) is 2. The van der Waals surface area contributed by atoms with Crippen LogP contribution < -0.4 is 16.2 Å². The van der Waals surface area contributed by atoms with Gasteiger partial charge in [-0.1, -0.05) is 115 Å². The van der Waals surface area contributed by atoms with E-state index >= 15 is 0 Å². The summed E-state index contributed by atoms with van der Waals surface area (Å²) in [5.41, 5.74) is 11.7. The lowest BCUT2D eigenvalue weighted by atomic mass is 10.0. The van der Waals surface area contributed by atoms with E-state index in [1.807, 2.05) is 6.07 Å². The molecule has 330 valence electrons. The summed E-state index contributed by atoms with van der Waals surface area (Å²) in [6, 6.07) is 8.33. The summed E-state index contributed by atoms with van der Waals surface area (Å²) in [6.07, 6.45) is 16.0. The monoisotopic (exact) mass is 866 g/mol. The lowest BCUT2D eigenvalue weighted by Crippen LogP contribution is -2.49. The van der Waals surface area contributed by atoms with Crippen LogP contribution in [0.25, 0.3) is 5.52 Å². The summed E-state index contributed by atoms with van der Waals surface area (Å²) in [6.45, 7) is 1.68. The Kier molecular flexibility index (Phi) is 20.8. The largest absolute Gasteiger partial charge is 0.495 e. The van der Waals surface area contributed by atoms with Gasteiger partial charge in [0, 0.05) is 6.61 Å². The van der Waals surface area contributed by atoms with E-state index in [4.69, 9.17) is 51.1 Å². The van der Waals surface area contributed by atoms with Gasteiger partial charge in [-0.15, -0.1) is 0 Å². The molecule has 18 heteroatoms. The molecular weight excluding hydrogens is 803 g/mol. The van der Waals surface area contributed by atoms with Gasteiger partial charge in [0.05, 0.1) is 44.8 Å². The molecule has 6 atom stereocenters. The van der Waals surface area contributed by atoms with Gasteiger partial charge < -0.3 is 39.8 Å². The molecule has 1 fully saturated rings. The highest BCUT2D eigenvalue weighted by molar-refractivity contribution is 7.47. The van der Waals surface area contributed by atoms with Gasteiger partial charge in [0.15, 0.2) is 11.5 Å². The number of rotatable bonds is 30. The zero-order valence-corrected chi connectivity index (χ0v) is 36.2. The minimum Gasteiger partial charge on any atom is -0.495 e. The predicted molar refractivity (Wildman–Crippen MR) is 224 cm³/mol. The Bertz CT molecular complexity index is 1800. The third-order valence-electron chi connectivity index (χ3n) is 10.6. The van der Waals surface area contributed by atoms with Gasteiger partial charge in [0.25, 0.3) is 0 Å². The van der Waals surface area contributed by atoms with Crippen molar-refractivity contribution in [3.63, 3.8) is 0 Å². The summed E-state index contributed by atoms with van der Waals surface area (Å²) in [5, 5.41) is 35.5. The van der Waals surface area contributed by atoms with Gasteiger partial charge in [-0.25, -0.2) is 14.1 Å². The number of nitriles is 1. The van der Waals surface area contributed by atoms with Gasteiger partial charge in [-0.2, -0.15) is 10.4 Å². The van der Waals surface area contributed by atoms with Crippen LogP contribution in [-0.4, -0.2) is 87.7 Å². The van der Waals surface area contributed by atoms with Crippen molar-refractivity contribution >= 4 is 30.8 Å². The van der Waals surface area contributed by atoms with Gasteiger partial charge in [-0.05, 0) is 36.2 Å². The second-order valence-electron chi connectivity index (χ2n) is 15.2. The van der Waals surface area contributed by atoms with E-state index in [0.717, 1.165) is 19.3 Å². The van der Waals surface area contributed by atoms with Crippen LogP contribution in [0, 0.1) is 11.3 Å². The summed E-state index contributed by atoms with van der Waals surface area (Å²) in [5.74, 6) is 0.462. The molecule has 1 aromatic carbocycles. The summed E-state index contributed by atoms with van der Waals surface area (Å²) >= 11 is 6.24. The Labute approximate surface area is 353 Å². The fourth-order valence-electron chi connectivity index (χ4n) is 7.12. The molecule has 1 aliphatic rings. The van der Waals surface area contributed by atoms with Gasteiger partial charge in [0.2, 0.25) is 0 Å². The molecular formula is C41H64ClN6O10P. The van der Waals surface area contributed by atoms with Crippen LogP contribution in [0.15, 0.2) is 30.6 Å². The average Bonchev–Trinajstić information content (AvgIpc) is 3.77. The van der Waals surface area contributed by atoms with Crippen LogP contribution in [-0.2, 0) is 40.2 Å². The quantitative estimate of drug-likeness (QED) is 0.0332. The van der Waals surface area contributed by atoms with E-state index in [2.05, 4.69) is 17.0 Å². The fraction of sp³-hybridized carbons (Fsp3) is 0.683. The molecule has 3 aromatic rings. The molecule has 2 aromatic heterocycles. The normalized spacial score (nSPS) is 20.8. The first kappa shape index (κ1) is 48.8.